The summed E-state index contributed by atoms with van der Waals surface area (Å²) < 4.78 is 41.5. The lowest BCUT2D eigenvalue weighted by molar-refractivity contribution is -0.137. The number of urea groups is 2. The maximum absolute atomic E-state index is 14.0. The first-order chi connectivity index (χ1) is 22.9. The van der Waals surface area contributed by atoms with Crippen LogP contribution in [-0.4, -0.2) is 120 Å². The summed E-state index contributed by atoms with van der Waals surface area (Å²) in [6.45, 7) is 5.70. The number of hydrogen-bond acceptors (Lipinski definition) is 7. The highest BCUT2D eigenvalue weighted by molar-refractivity contribution is 9.10. The van der Waals surface area contributed by atoms with Crippen LogP contribution in [0.2, 0.25) is 0 Å². The number of rotatable bonds is 6. The summed E-state index contributed by atoms with van der Waals surface area (Å²) >= 11 is 4.64. The molecule has 0 aliphatic carbocycles. The molecule has 2 aromatic rings. The number of carbonyl (C=O) groups is 3. The second-order valence-corrected chi connectivity index (χ2v) is 15.0. The molecule has 0 radical (unpaired) electrons. The molecule has 0 spiro atoms. The zero-order valence-electron chi connectivity index (χ0n) is 26.9. The fourth-order valence-corrected chi connectivity index (χ4v) is 8.57. The molecule has 5 amide bonds. The van der Waals surface area contributed by atoms with Crippen molar-refractivity contribution in [3.8, 4) is 0 Å². The SMILES string of the molecule is CN1CCC(N2CCN(C(=O)[C@@H](Cc3cc(Br)c(N)c(C(F)(F)F)c3)NC(=O)N3CCC(N4Cc5ccsc5NC4=O)CC3)CC2)CC1. The number of benzene rings is 1. The van der Waals surface area contributed by atoms with E-state index in [4.69, 9.17) is 5.73 Å². The largest absolute Gasteiger partial charge is 0.418 e. The molecule has 11 nitrogen and oxygen atoms in total. The molecule has 1 aromatic heterocycles. The first-order valence-corrected chi connectivity index (χ1v) is 18.1. The third-order valence-electron chi connectivity index (χ3n) is 10.1. The molecule has 3 fully saturated rings. The lowest BCUT2D eigenvalue weighted by Gasteiger charge is -2.43. The van der Waals surface area contributed by atoms with Crippen molar-refractivity contribution in [3.63, 3.8) is 0 Å². The Kier molecular flexibility index (Phi) is 10.4. The van der Waals surface area contributed by atoms with E-state index in [1.165, 1.54) is 17.4 Å². The van der Waals surface area contributed by atoms with E-state index in [0.717, 1.165) is 42.6 Å². The number of anilines is 2. The van der Waals surface area contributed by atoms with Gasteiger partial charge >= 0.3 is 18.2 Å². The van der Waals surface area contributed by atoms with Crippen molar-refractivity contribution in [3.05, 3.63) is 44.7 Å². The number of fused-ring (bicyclic) bond motifs is 1. The van der Waals surface area contributed by atoms with Gasteiger partial charge < -0.3 is 30.7 Å². The van der Waals surface area contributed by atoms with Crippen molar-refractivity contribution in [1.29, 1.82) is 0 Å². The number of alkyl halides is 3. The third-order valence-corrected chi connectivity index (χ3v) is 11.7. The molecule has 0 bridgehead atoms. The van der Waals surface area contributed by atoms with Crippen LogP contribution < -0.4 is 16.4 Å². The normalized spacial score (nSPS) is 21.2. The minimum atomic E-state index is -4.68. The molecule has 4 aliphatic rings. The Hall–Kier alpha value is -3.08. The molecule has 4 aliphatic heterocycles. The van der Waals surface area contributed by atoms with E-state index in [9.17, 15) is 27.6 Å². The van der Waals surface area contributed by atoms with Gasteiger partial charge in [0.2, 0.25) is 5.91 Å². The van der Waals surface area contributed by atoms with Crippen LogP contribution in [0.15, 0.2) is 28.1 Å². The van der Waals surface area contributed by atoms with E-state index < -0.39 is 29.5 Å². The van der Waals surface area contributed by atoms with Crippen molar-refractivity contribution >= 4 is 55.9 Å². The Morgan fingerprint density at radius 3 is 2.35 bits per heavy atom. The quantitative estimate of drug-likeness (QED) is 0.375. The van der Waals surface area contributed by atoms with Gasteiger partial charge in [-0.3, -0.25) is 15.0 Å². The highest BCUT2D eigenvalue weighted by Gasteiger charge is 2.38. The zero-order valence-corrected chi connectivity index (χ0v) is 29.3. The summed E-state index contributed by atoms with van der Waals surface area (Å²) in [5, 5.41) is 8.63. The van der Waals surface area contributed by atoms with Gasteiger partial charge in [0.1, 0.15) is 11.0 Å². The molecule has 262 valence electrons. The lowest BCUT2D eigenvalue weighted by atomic mass is 10.00. The maximum Gasteiger partial charge on any atom is 0.418 e. The number of carbonyl (C=O) groups excluding carboxylic acids is 3. The Labute approximate surface area is 290 Å². The standard InChI is InChI=1S/C32H42BrF3N8O3S/c1-40-7-2-22(3-8-40)41-11-13-42(14-12-41)29(45)26(18-20-16-24(32(34,35)36)27(37)25(33)17-20)38-30(46)43-9-4-23(5-10-43)44-19-21-6-15-48-28(21)39-31(44)47/h6,15-17,22-23,26H,2-5,7-14,18-19,37H2,1H3,(H,38,46)(H,39,47)/t26-/m1/s1. The first-order valence-electron chi connectivity index (χ1n) is 16.4. The smallest absolute Gasteiger partial charge is 0.397 e. The molecule has 3 saturated heterocycles. The summed E-state index contributed by atoms with van der Waals surface area (Å²) in [4.78, 5) is 50.3. The third kappa shape index (κ3) is 7.71. The minimum Gasteiger partial charge on any atom is -0.397 e. The Bertz CT molecular complexity index is 1500. The minimum absolute atomic E-state index is 0.0479. The Morgan fingerprint density at radius 2 is 1.69 bits per heavy atom. The van der Waals surface area contributed by atoms with Gasteiger partial charge in [-0.15, -0.1) is 11.3 Å². The second kappa shape index (κ2) is 14.4. The van der Waals surface area contributed by atoms with Crippen LogP contribution in [-0.2, 0) is 23.9 Å². The number of nitrogens with zero attached hydrogens (tertiary/aromatic N) is 5. The fraction of sp³-hybridized carbons (Fsp3) is 0.594. The topological polar surface area (TPSA) is 117 Å². The van der Waals surface area contributed by atoms with E-state index in [1.807, 2.05) is 11.4 Å². The highest BCUT2D eigenvalue weighted by Crippen LogP contribution is 2.38. The van der Waals surface area contributed by atoms with Crippen LogP contribution in [0.3, 0.4) is 0 Å². The van der Waals surface area contributed by atoms with E-state index in [1.54, 1.807) is 14.7 Å². The number of thiophene rings is 1. The fourth-order valence-electron chi connectivity index (χ4n) is 7.26. The maximum atomic E-state index is 14.0. The van der Waals surface area contributed by atoms with Crippen LogP contribution in [0.4, 0.5) is 33.4 Å². The van der Waals surface area contributed by atoms with Crippen molar-refractivity contribution in [2.24, 2.45) is 0 Å². The van der Waals surface area contributed by atoms with E-state index in [-0.39, 0.29) is 34.4 Å². The van der Waals surface area contributed by atoms with Crippen LogP contribution in [0.1, 0.15) is 42.4 Å². The van der Waals surface area contributed by atoms with Crippen molar-refractivity contribution in [2.45, 2.75) is 63.0 Å². The number of nitrogens with one attached hydrogen (secondary N) is 2. The number of amides is 5. The van der Waals surface area contributed by atoms with Gasteiger partial charge in [-0.25, -0.2) is 9.59 Å². The Balaban J connectivity index is 1.13. The molecular formula is C32H42BrF3N8O3S. The van der Waals surface area contributed by atoms with Gasteiger partial charge in [0.05, 0.1) is 17.8 Å². The summed E-state index contributed by atoms with van der Waals surface area (Å²) in [5.41, 5.74) is 5.62. The Morgan fingerprint density at radius 1 is 1.02 bits per heavy atom. The van der Waals surface area contributed by atoms with Gasteiger partial charge in [0.25, 0.3) is 0 Å². The number of piperazine rings is 1. The van der Waals surface area contributed by atoms with Gasteiger partial charge in [-0.2, -0.15) is 13.2 Å². The van der Waals surface area contributed by atoms with Crippen molar-refractivity contribution in [2.75, 3.05) is 70.5 Å². The molecule has 0 unspecified atom stereocenters. The van der Waals surface area contributed by atoms with Crippen molar-refractivity contribution < 1.29 is 27.6 Å². The highest BCUT2D eigenvalue weighted by atomic mass is 79.9. The van der Waals surface area contributed by atoms with Gasteiger partial charge in [-0.1, -0.05) is 0 Å². The molecule has 48 heavy (non-hydrogen) atoms. The summed E-state index contributed by atoms with van der Waals surface area (Å²) in [6.07, 6.45) is -1.53. The van der Waals surface area contributed by atoms with Gasteiger partial charge in [0.15, 0.2) is 0 Å². The van der Waals surface area contributed by atoms with Gasteiger partial charge in [0, 0.05) is 67.8 Å². The zero-order chi connectivity index (χ0) is 34.2. The molecule has 4 N–H and O–H groups in total. The molecular weight excluding hydrogens is 713 g/mol. The number of likely N-dealkylation sites (tertiary alicyclic amines) is 2. The summed E-state index contributed by atoms with van der Waals surface area (Å²) in [5.74, 6) is -0.320. The average molecular weight is 756 g/mol. The molecule has 1 atom stereocenters. The molecule has 0 saturated carbocycles. The average Bonchev–Trinajstić information content (AvgIpc) is 3.52. The predicted octanol–water partition coefficient (Wildman–Crippen LogP) is 4.48. The monoisotopic (exact) mass is 754 g/mol. The summed E-state index contributed by atoms with van der Waals surface area (Å²) in [6, 6.07) is 3.17. The van der Waals surface area contributed by atoms with Crippen LogP contribution in [0.25, 0.3) is 0 Å². The van der Waals surface area contributed by atoms with E-state index in [0.29, 0.717) is 64.7 Å². The number of nitrogen functional groups attached to an aromatic ring is 1. The number of hydrogen-bond donors (Lipinski definition) is 3. The van der Waals surface area contributed by atoms with Crippen LogP contribution in [0, 0.1) is 0 Å². The predicted molar refractivity (Wildman–Crippen MR) is 182 cm³/mol. The molecule has 5 heterocycles. The molecule has 6 rings (SSSR count). The number of piperidine rings is 2. The number of halogens is 4. The van der Waals surface area contributed by atoms with Crippen LogP contribution >= 0.6 is 27.3 Å². The van der Waals surface area contributed by atoms with Crippen molar-refractivity contribution in [1.82, 2.24) is 29.8 Å². The van der Waals surface area contributed by atoms with Crippen LogP contribution in [0.5, 0.6) is 0 Å². The molecule has 16 heteroatoms. The second-order valence-electron chi connectivity index (χ2n) is 13.2. The van der Waals surface area contributed by atoms with E-state index in [2.05, 4.69) is 43.4 Å². The molecule has 1 aromatic carbocycles. The lowest BCUT2D eigenvalue weighted by Crippen LogP contribution is -2.59. The first kappa shape index (κ1) is 34.8. The summed E-state index contributed by atoms with van der Waals surface area (Å²) in [7, 11) is 2.12. The number of nitrogens with two attached hydrogens (primary N) is 1. The van der Waals surface area contributed by atoms with E-state index >= 15 is 0 Å². The van der Waals surface area contributed by atoms with Gasteiger partial charge in [-0.05, 0) is 90.9 Å².